The highest BCUT2D eigenvalue weighted by Crippen LogP contribution is 2.18. The molecule has 3 aromatic carbocycles. The number of oxime groups is 1. The van der Waals surface area contributed by atoms with Gasteiger partial charge in [0, 0.05) is 11.1 Å². The molecule has 118 valence electrons. The van der Waals surface area contributed by atoms with Crippen molar-refractivity contribution in [1.29, 1.82) is 0 Å². The van der Waals surface area contributed by atoms with Crippen molar-refractivity contribution in [3.63, 3.8) is 0 Å². The van der Waals surface area contributed by atoms with E-state index in [1.807, 2.05) is 91.9 Å². The Balaban J connectivity index is 2.16. The van der Waals surface area contributed by atoms with Gasteiger partial charge in [-0.05, 0) is 24.6 Å². The Labute approximate surface area is 141 Å². The van der Waals surface area contributed by atoms with Gasteiger partial charge < -0.3 is 5.21 Å². The zero-order valence-corrected chi connectivity index (χ0v) is 13.4. The van der Waals surface area contributed by atoms with Gasteiger partial charge in [-0.3, -0.25) is 0 Å². The van der Waals surface area contributed by atoms with Gasteiger partial charge in [0.05, 0.1) is 5.69 Å². The lowest BCUT2D eigenvalue weighted by atomic mass is 9.99. The summed E-state index contributed by atoms with van der Waals surface area (Å²) in [6.07, 6.45) is 0. The molecule has 0 bridgehead atoms. The van der Waals surface area contributed by atoms with Crippen molar-refractivity contribution < 1.29 is 5.21 Å². The smallest absolute Gasteiger partial charge is 0.136 e. The van der Waals surface area contributed by atoms with Gasteiger partial charge in [0.25, 0.3) is 0 Å². The summed E-state index contributed by atoms with van der Waals surface area (Å²) in [4.78, 5) is 4.76. The second kappa shape index (κ2) is 7.38. The maximum Gasteiger partial charge on any atom is 0.136 e. The van der Waals surface area contributed by atoms with Crippen LogP contribution in [0.25, 0.3) is 0 Å². The molecule has 3 aromatic rings. The SMILES string of the molecule is Cc1cccc(N=C(/C(=N/O)c2ccccc2)c2ccccc2)c1. The molecule has 0 fully saturated rings. The molecule has 0 aliphatic carbocycles. The van der Waals surface area contributed by atoms with Crippen LogP contribution in [-0.2, 0) is 0 Å². The van der Waals surface area contributed by atoms with E-state index in [-0.39, 0.29) is 0 Å². The molecule has 0 aromatic heterocycles. The summed E-state index contributed by atoms with van der Waals surface area (Å²) in [6.45, 7) is 2.03. The lowest BCUT2D eigenvalue weighted by Crippen LogP contribution is -2.17. The van der Waals surface area contributed by atoms with Gasteiger partial charge in [0.2, 0.25) is 0 Å². The predicted molar refractivity (Wildman–Crippen MR) is 98.6 cm³/mol. The fourth-order valence-corrected chi connectivity index (χ4v) is 2.51. The van der Waals surface area contributed by atoms with E-state index in [4.69, 9.17) is 4.99 Å². The number of aliphatic imine (C=N–C) groups is 1. The van der Waals surface area contributed by atoms with Crippen molar-refractivity contribution in [2.45, 2.75) is 6.92 Å². The summed E-state index contributed by atoms with van der Waals surface area (Å²) in [6, 6.07) is 27.3. The minimum atomic E-state index is 0.448. The maximum absolute atomic E-state index is 9.65. The standard InChI is InChI=1S/C21H18N2O/c1-16-9-8-14-19(15-16)22-20(17-10-4-2-5-11-17)21(23-24)18-12-6-3-7-13-18/h2-15,24H,1H3/b22-20?,23-21+. The van der Waals surface area contributed by atoms with E-state index in [2.05, 4.69) is 5.16 Å². The quantitative estimate of drug-likeness (QED) is 0.411. The Morgan fingerprint density at radius 3 is 1.83 bits per heavy atom. The van der Waals surface area contributed by atoms with Crippen LogP contribution in [0.15, 0.2) is 95.1 Å². The Morgan fingerprint density at radius 1 is 0.708 bits per heavy atom. The van der Waals surface area contributed by atoms with E-state index in [9.17, 15) is 5.21 Å². The summed E-state index contributed by atoms with van der Waals surface area (Å²) in [5, 5.41) is 13.2. The summed E-state index contributed by atoms with van der Waals surface area (Å²) >= 11 is 0. The van der Waals surface area contributed by atoms with Crippen LogP contribution in [0.1, 0.15) is 16.7 Å². The summed E-state index contributed by atoms with van der Waals surface area (Å²) < 4.78 is 0. The Morgan fingerprint density at radius 2 is 1.29 bits per heavy atom. The molecule has 3 nitrogen and oxygen atoms in total. The molecule has 0 heterocycles. The maximum atomic E-state index is 9.65. The lowest BCUT2D eigenvalue weighted by Gasteiger charge is -2.10. The van der Waals surface area contributed by atoms with Crippen molar-refractivity contribution in [2.24, 2.45) is 10.1 Å². The highest BCUT2D eigenvalue weighted by molar-refractivity contribution is 6.53. The molecule has 0 saturated heterocycles. The minimum absolute atomic E-state index is 0.448. The first-order chi connectivity index (χ1) is 11.8. The molecule has 0 radical (unpaired) electrons. The van der Waals surface area contributed by atoms with E-state index in [0.29, 0.717) is 11.4 Å². The number of aryl methyl sites for hydroxylation is 1. The summed E-state index contributed by atoms with van der Waals surface area (Å²) in [5.41, 5.74) is 4.75. The number of benzene rings is 3. The van der Waals surface area contributed by atoms with Crippen molar-refractivity contribution in [3.05, 3.63) is 102 Å². The average Bonchev–Trinajstić information content (AvgIpc) is 2.63. The van der Waals surface area contributed by atoms with E-state index in [0.717, 1.165) is 22.4 Å². The first-order valence-electron chi connectivity index (χ1n) is 7.76. The molecule has 1 N–H and O–H groups in total. The third kappa shape index (κ3) is 3.58. The molecule has 0 atom stereocenters. The highest BCUT2D eigenvalue weighted by atomic mass is 16.4. The monoisotopic (exact) mass is 314 g/mol. The van der Waals surface area contributed by atoms with Crippen molar-refractivity contribution >= 4 is 17.1 Å². The van der Waals surface area contributed by atoms with Crippen LogP contribution < -0.4 is 0 Å². The molecule has 0 aliphatic heterocycles. The molecule has 3 rings (SSSR count). The van der Waals surface area contributed by atoms with Crippen LogP contribution in [0.3, 0.4) is 0 Å². The Bertz CT molecular complexity index is 869. The molecule has 3 heteroatoms. The number of nitrogens with zero attached hydrogens (tertiary/aromatic N) is 2. The molecule has 0 amide bonds. The first-order valence-corrected chi connectivity index (χ1v) is 7.76. The summed E-state index contributed by atoms with van der Waals surface area (Å²) in [7, 11) is 0. The van der Waals surface area contributed by atoms with Crippen LogP contribution in [0, 0.1) is 6.92 Å². The molecule has 0 unspecified atom stereocenters. The fraction of sp³-hybridized carbons (Fsp3) is 0.0476. The van der Waals surface area contributed by atoms with Crippen LogP contribution >= 0.6 is 0 Å². The normalized spacial score (nSPS) is 12.2. The fourth-order valence-electron chi connectivity index (χ4n) is 2.51. The van der Waals surface area contributed by atoms with E-state index in [1.54, 1.807) is 0 Å². The number of hydrogen-bond acceptors (Lipinski definition) is 3. The van der Waals surface area contributed by atoms with Gasteiger partial charge >= 0.3 is 0 Å². The van der Waals surface area contributed by atoms with Crippen LogP contribution in [0.5, 0.6) is 0 Å². The van der Waals surface area contributed by atoms with Crippen molar-refractivity contribution in [3.8, 4) is 0 Å². The van der Waals surface area contributed by atoms with Gasteiger partial charge in [-0.2, -0.15) is 0 Å². The molecule has 0 saturated carbocycles. The third-order valence-electron chi connectivity index (χ3n) is 3.66. The van der Waals surface area contributed by atoms with Gasteiger partial charge in [-0.25, -0.2) is 4.99 Å². The average molecular weight is 314 g/mol. The summed E-state index contributed by atoms with van der Waals surface area (Å²) in [5.74, 6) is 0. The van der Waals surface area contributed by atoms with Crippen LogP contribution in [0.4, 0.5) is 5.69 Å². The zero-order valence-electron chi connectivity index (χ0n) is 13.4. The van der Waals surface area contributed by atoms with E-state index in [1.165, 1.54) is 0 Å². The first kappa shape index (κ1) is 15.7. The van der Waals surface area contributed by atoms with Crippen molar-refractivity contribution in [2.75, 3.05) is 0 Å². The van der Waals surface area contributed by atoms with Crippen LogP contribution in [0.2, 0.25) is 0 Å². The number of hydrogen-bond donors (Lipinski definition) is 1. The highest BCUT2D eigenvalue weighted by Gasteiger charge is 2.15. The Kier molecular flexibility index (Phi) is 4.82. The Hall–Kier alpha value is -3.20. The van der Waals surface area contributed by atoms with E-state index < -0.39 is 0 Å². The predicted octanol–water partition coefficient (Wildman–Crippen LogP) is 4.99. The van der Waals surface area contributed by atoms with Gasteiger partial charge in [-0.1, -0.05) is 78.0 Å². The third-order valence-corrected chi connectivity index (χ3v) is 3.66. The van der Waals surface area contributed by atoms with Crippen LogP contribution in [-0.4, -0.2) is 16.6 Å². The van der Waals surface area contributed by atoms with E-state index >= 15 is 0 Å². The largest absolute Gasteiger partial charge is 0.410 e. The minimum Gasteiger partial charge on any atom is -0.410 e. The second-order valence-electron chi connectivity index (χ2n) is 5.48. The molecular formula is C21H18N2O. The molecule has 0 aliphatic rings. The topological polar surface area (TPSA) is 45.0 Å². The van der Waals surface area contributed by atoms with Crippen molar-refractivity contribution in [1.82, 2.24) is 0 Å². The van der Waals surface area contributed by atoms with Gasteiger partial charge in [0.1, 0.15) is 11.4 Å². The lowest BCUT2D eigenvalue weighted by molar-refractivity contribution is 0.320. The second-order valence-corrected chi connectivity index (χ2v) is 5.48. The number of rotatable bonds is 4. The van der Waals surface area contributed by atoms with Gasteiger partial charge in [0.15, 0.2) is 0 Å². The van der Waals surface area contributed by atoms with Gasteiger partial charge in [-0.15, -0.1) is 0 Å². The zero-order chi connectivity index (χ0) is 16.8. The molecule has 24 heavy (non-hydrogen) atoms. The molecule has 0 spiro atoms. The molecular weight excluding hydrogens is 296 g/mol.